The lowest BCUT2D eigenvalue weighted by Gasteiger charge is -2.34. The minimum Gasteiger partial charge on any atom is -0.384 e. The van der Waals surface area contributed by atoms with Gasteiger partial charge in [-0.3, -0.25) is 0 Å². The van der Waals surface area contributed by atoms with Crippen LogP contribution in [-0.4, -0.2) is 22.9 Å². The standard InChI is InChI=1S/C9H14.C8H14O.C8H18.C7H12O.C7H14/c1-9(2,3)7-6-8-4-5-8;1-7(9)5-6-8(2,3)4;1-7(2,3)8(4,5)6;1-7(2,3)5-4-6-8;1-7(2,3)6-4-5-6/h8H,4-5H2,1-3H3;7,9H,1-4H3;1-6H3;8H,6H2,1-3H3;6H,4-5H2,1-3H3/t;7-;;;/m.1.../s1. The molecule has 0 radical (unpaired) electrons. The van der Waals surface area contributed by atoms with Crippen molar-refractivity contribution >= 4 is 0 Å². The number of hydrogen-bond donors (Lipinski definition) is 2. The molecule has 2 fully saturated rings. The first kappa shape index (κ1) is 44.0. The maximum atomic E-state index is 8.74. The molecule has 1 atom stereocenters. The minimum atomic E-state index is -0.496. The summed E-state index contributed by atoms with van der Waals surface area (Å²) in [6, 6.07) is 0. The van der Waals surface area contributed by atoms with Gasteiger partial charge in [-0.2, -0.15) is 0 Å². The van der Waals surface area contributed by atoms with Crippen LogP contribution in [-0.2, 0) is 0 Å². The topological polar surface area (TPSA) is 40.5 Å². The van der Waals surface area contributed by atoms with Crippen LogP contribution in [0.1, 0.15) is 157 Å². The van der Waals surface area contributed by atoms with Crippen LogP contribution >= 0.6 is 0 Å². The van der Waals surface area contributed by atoms with E-state index >= 15 is 0 Å². The molecule has 2 N–H and O–H groups in total. The van der Waals surface area contributed by atoms with Gasteiger partial charge in [0.1, 0.15) is 12.7 Å². The second kappa shape index (κ2) is 18.3. The molecule has 0 heterocycles. The highest BCUT2D eigenvalue weighted by atomic mass is 16.3. The van der Waals surface area contributed by atoms with Crippen molar-refractivity contribution < 1.29 is 10.2 Å². The summed E-state index contributed by atoms with van der Waals surface area (Å²) in [5.41, 5.74) is 1.74. The van der Waals surface area contributed by atoms with E-state index in [-0.39, 0.29) is 22.9 Å². The molecule has 0 aromatic heterocycles. The summed E-state index contributed by atoms with van der Waals surface area (Å²) in [5.74, 6) is 19.4. The number of rotatable bonds is 0. The van der Waals surface area contributed by atoms with Gasteiger partial charge < -0.3 is 10.2 Å². The number of hydrogen-bond acceptors (Lipinski definition) is 2. The summed E-state index contributed by atoms with van der Waals surface area (Å²) in [7, 11) is 0. The highest BCUT2D eigenvalue weighted by Crippen LogP contribution is 2.44. The van der Waals surface area contributed by atoms with E-state index in [1.165, 1.54) is 25.7 Å². The quantitative estimate of drug-likeness (QED) is 0.283. The average Bonchev–Trinajstić information content (AvgIpc) is 3.59. The van der Waals surface area contributed by atoms with Crippen LogP contribution in [0, 0.1) is 79.8 Å². The molecule has 240 valence electrons. The van der Waals surface area contributed by atoms with E-state index in [0.717, 1.165) is 11.8 Å². The molecular formula is C39H72O2. The van der Waals surface area contributed by atoms with Gasteiger partial charge in [-0.15, -0.1) is 0 Å². The summed E-state index contributed by atoms with van der Waals surface area (Å²) in [6.45, 7) is 40.8. The van der Waals surface area contributed by atoms with Crippen molar-refractivity contribution in [3.05, 3.63) is 0 Å². The SMILES string of the molecule is CC(C)(C)C#CC1CC1.CC(C)(C)C#CCO.CC(C)(C)C(C)(C)C.CC(C)(C)C1CC1.C[C@@H](O)C#CC(C)(C)C. The zero-order valence-corrected chi connectivity index (χ0v) is 31.2. The first-order chi connectivity index (χ1) is 17.9. The molecule has 0 amide bonds. The lowest BCUT2D eigenvalue weighted by Crippen LogP contribution is -2.25. The van der Waals surface area contributed by atoms with E-state index in [0.29, 0.717) is 16.2 Å². The average molecular weight is 573 g/mol. The Hall–Kier alpha value is -1.40. The van der Waals surface area contributed by atoms with E-state index in [1.807, 2.05) is 41.5 Å². The van der Waals surface area contributed by atoms with Crippen molar-refractivity contribution in [1.82, 2.24) is 0 Å². The molecule has 2 rings (SSSR count). The Balaban J connectivity index is -0.000000441. The Morgan fingerprint density at radius 3 is 1.07 bits per heavy atom. The summed E-state index contributed by atoms with van der Waals surface area (Å²) in [4.78, 5) is 0. The highest BCUT2D eigenvalue weighted by Gasteiger charge is 2.33. The monoisotopic (exact) mass is 573 g/mol. The maximum Gasteiger partial charge on any atom is 0.111 e. The second-order valence-corrected chi connectivity index (χ2v) is 17.8. The summed E-state index contributed by atoms with van der Waals surface area (Å²) in [5, 5.41) is 17.0. The Bertz CT molecular complexity index is 825. The van der Waals surface area contributed by atoms with E-state index in [1.54, 1.807) is 6.92 Å². The summed E-state index contributed by atoms with van der Waals surface area (Å²) >= 11 is 0. The van der Waals surface area contributed by atoms with Gasteiger partial charge in [-0.05, 0) is 117 Å². The van der Waals surface area contributed by atoms with Gasteiger partial charge in [0.25, 0.3) is 0 Å². The van der Waals surface area contributed by atoms with Crippen molar-refractivity contribution in [2.75, 3.05) is 6.61 Å². The maximum absolute atomic E-state index is 8.74. The third kappa shape index (κ3) is 38.6. The van der Waals surface area contributed by atoms with Crippen LogP contribution in [0.2, 0.25) is 0 Å². The van der Waals surface area contributed by atoms with Crippen molar-refractivity contribution in [1.29, 1.82) is 0 Å². The van der Waals surface area contributed by atoms with E-state index < -0.39 is 6.10 Å². The molecule has 0 saturated heterocycles. The smallest absolute Gasteiger partial charge is 0.111 e. The van der Waals surface area contributed by atoms with E-state index in [2.05, 4.69) is 119 Å². The lowest BCUT2D eigenvalue weighted by molar-refractivity contribution is 0.157. The van der Waals surface area contributed by atoms with E-state index in [9.17, 15) is 0 Å². The molecule has 0 aromatic rings. The molecule has 0 aromatic carbocycles. The second-order valence-electron chi connectivity index (χ2n) is 17.8. The molecule has 2 aliphatic rings. The van der Waals surface area contributed by atoms with Crippen molar-refractivity contribution in [3.8, 4) is 35.5 Å². The number of aliphatic hydroxyl groups excluding tert-OH is 2. The Labute approximate surface area is 259 Å². The van der Waals surface area contributed by atoms with E-state index in [4.69, 9.17) is 10.2 Å². The van der Waals surface area contributed by atoms with Crippen LogP contribution in [0.4, 0.5) is 0 Å². The van der Waals surface area contributed by atoms with Gasteiger partial charge in [0.15, 0.2) is 0 Å². The van der Waals surface area contributed by atoms with Gasteiger partial charge in [0, 0.05) is 22.2 Å². The first-order valence-electron chi connectivity index (χ1n) is 15.8. The molecule has 0 aliphatic heterocycles. The molecule has 0 spiro atoms. The largest absolute Gasteiger partial charge is 0.384 e. The van der Waals surface area contributed by atoms with Gasteiger partial charge >= 0.3 is 0 Å². The predicted molar refractivity (Wildman–Crippen MR) is 184 cm³/mol. The molecule has 2 saturated carbocycles. The van der Waals surface area contributed by atoms with Crippen molar-refractivity contribution in [2.24, 2.45) is 44.3 Å². The fraction of sp³-hybridized carbons (Fsp3) is 0.846. The highest BCUT2D eigenvalue weighted by molar-refractivity contribution is 5.13. The van der Waals surface area contributed by atoms with Crippen LogP contribution < -0.4 is 0 Å². The molecule has 2 aliphatic carbocycles. The third-order valence-electron chi connectivity index (χ3n) is 6.48. The molecular weight excluding hydrogens is 500 g/mol. The normalized spacial score (nSPS) is 15.7. The fourth-order valence-electron chi connectivity index (χ4n) is 2.12. The molecule has 0 bridgehead atoms. The molecule has 2 heteroatoms. The predicted octanol–water partition coefficient (Wildman–Crippen LogP) is 10.4. The summed E-state index contributed by atoms with van der Waals surface area (Å²) in [6.07, 6.45) is 5.13. The van der Waals surface area contributed by atoms with Crippen molar-refractivity contribution in [3.63, 3.8) is 0 Å². The molecule has 0 unspecified atom stereocenters. The zero-order valence-electron chi connectivity index (χ0n) is 31.2. The zero-order chi connectivity index (χ0) is 33.5. The van der Waals surface area contributed by atoms with Gasteiger partial charge in [0.2, 0.25) is 0 Å². The number of aliphatic hydroxyl groups is 2. The summed E-state index contributed by atoms with van der Waals surface area (Å²) < 4.78 is 0. The Morgan fingerprint density at radius 1 is 0.585 bits per heavy atom. The Morgan fingerprint density at radius 2 is 0.951 bits per heavy atom. The van der Waals surface area contributed by atoms with Gasteiger partial charge in [-0.1, -0.05) is 97.8 Å². The molecule has 2 nitrogen and oxygen atoms in total. The third-order valence-corrected chi connectivity index (χ3v) is 6.48. The minimum absolute atomic E-state index is 0.0109. The van der Waals surface area contributed by atoms with Gasteiger partial charge in [0.05, 0.1) is 0 Å². The van der Waals surface area contributed by atoms with Crippen LogP contribution in [0.15, 0.2) is 0 Å². The lowest BCUT2D eigenvalue weighted by atomic mass is 9.71. The fourth-order valence-corrected chi connectivity index (χ4v) is 2.12. The van der Waals surface area contributed by atoms with Crippen LogP contribution in [0.25, 0.3) is 0 Å². The van der Waals surface area contributed by atoms with Gasteiger partial charge in [-0.25, -0.2) is 0 Å². The Kier molecular flexibility index (Phi) is 19.7. The molecule has 41 heavy (non-hydrogen) atoms. The first-order valence-corrected chi connectivity index (χ1v) is 15.8. The van der Waals surface area contributed by atoms with Crippen molar-refractivity contribution in [2.45, 2.75) is 163 Å². The van der Waals surface area contributed by atoms with Crippen LogP contribution in [0.3, 0.4) is 0 Å². The van der Waals surface area contributed by atoms with Crippen LogP contribution in [0.5, 0.6) is 0 Å².